The molecule has 0 heterocycles. The second kappa shape index (κ2) is 4.35. The van der Waals surface area contributed by atoms with Gasteiger partial charge in [0.1, 0.15) is 0 Å². The van der Waals surface area contributed by atoms with Crippen molar-refractivity contribution in [1.82, 2.24) is 5.32 Å². The predicted molar refractivity (Wildman–Crippen MR) is 75.1 cm³/mol. The molecular weight excluding hydrogens is 238 g/mol. The molecule has 1 atom stereocenters. The Morgan fingerprint density at radius 3 is 2.47 bits per heavy atom. The number of carboxylic acid groups (broad SMARTS) is 1. The SMILES string of the molecule is CNC(c1ccc2ccccc2c1)C1(C(=O)O)CC1. The molecule has 0 aromatic heterocycles. The lowest BCUT2D eigenvalue weighted by molar-refractivity contribution is -0.144. The van der Waals surface area contributed by atoms with E-state index in [1.54, 1.807) is 0 Å². The average Bonchev–Trinajstić information content (AvgIpc) is 3.21. The minimum Gasteiger partial charge on any atom is -0.481 e. The Morgan fingerprint density at radius 2 is 1.89 bits per heavy atom. The number of fused-ring (bicyclic) bond motifs is 1. The number of aliphatic carboxylic acids is 1. The van der Waals surface area contributed by atoms with Crippen LogP contribution in [0.4, 0.5) is 0 Å². The van der Waals surface area contributed by atoms with Gasteiger partial charge in [-0.3, -0.25) is 4.79 Å². The van der Waals surface area contributed by atoms with Crippen LogP contribution in [-0.4, -0.2) is 18.1 Å². The van der Waals surface area contributed by atoms with Gasteiger partial charge in [-0.1, -0.05) is 36.4 Å². The molecule has 0 radical (unpaired) electrons. The van der Waals surface area contributed by atoms with E-state index in [4.69, 9.17) is 0 Å². The minimum absolute atomic E-state index is 0.116. The number of hydrogen-bond acceptors (Lipinski definition) is 2. The number of carbonyl (C=O) groups is 1. The third-order valence-corrected chi connectivity index (χ3v) is 4.16. The first-order valence-corrected chi connectivity index (χ1v) is 6.57. The first-order chi connectivity index (χ1) is 9.17. The largest absolute Gasteiger partial charge is 0.481 e. The highest BCUT2D eigenvalue weighted by atomic mass is 16.4. The molecule has 98 valence electrons. The number of rotatable bonds is 4. The van der Waals surface area contributed by atoms with Crippen molar-refractivity contribution in [3.63, 3.8) is 0 Å². The molecule has 1 unspecified atom stereocenters. The fourth-order valence-electron chi connectivity index (χ4n) is 2.91. The highest BCUT2D eigenvalue weighted by Crippen LogP contribution is 2.55. The van der Waals surface area contributed by atoms with E-state index in [1.165, 1.54) is 5.39 Å². The van der Waals surface area contributed by atoms with Crippen LogP contribution in [0.3, 0.4) is 0 Å². The van der Waals surface area contributed by atoms with Crippen molar-refractivity contribution < 1.29 is 9.90 Å². The zero-order chi connectivity index (χ0) is 13.5. The van der Waals surface area contributed by atoms with Gasteiger partial charge in [0, 0.05) is 6.04 Å². The van der Waals surface area contributed by atoms with E-state index < -0.39 is 11.4 Å². The molecule has 19 heavy (non-hydrogen) atoms. The molecule has 1 aliphatic rings. The summed E-state index contributed by atoms with van der Waals surface area (Å²) in [6, 6.07) is 14.2. The maximum Gasteiger partial charge on any atom is 0.311 e. The quantitative estimate of drug-likeness (QED) is 0.883. The van der Waals surface area contributed by atoms with Crippen molar-refractivity contribution >= 4 is 16.7 Å². The lowest BCUT2D eigenvalue weighted by Gasteiger charge is -2.24. The van der Waals surface area contributed by atoms with Crippen LogP contribution in [0.15, 0.2) is 42.5 Å². The van der Waals surface area contributed by atoms with Gasteiger partial charge in [0.15, 0.2) is 0 Å². The summed E-state index contributed by atoms with van der Waals surface area (Å²) in [5, 5.41) is 15.0. The fourth-order valence-corrected chi connectivity index (χ4v) is 2.91. The summed E-state index contributed by atoms with van der Waals surface area (Å²) in [4.78, 5) is 11.5. The number of nitrogens with one attached hydrogen (secondary N) is 1. The van der Waals surface area contributed by atoms with Crippen molar-refractivity contribution in [3.8, 4) is 0 Å². The van der Waals surface area contributed by atoms with E-state index in [9.17, 15) is 9.90 Å². The second-order valence-electron chi connectivity index (χ2n) is 5.29. The summed E-state index contributed by atoms with van der Waals surface area (Å²) in [7, 11) is 1.84. The Morgan fingerprint density at radius 1 is 1.21 bits per heavy atom. The van der Waals surface area contributed by atoms with Crippen molar-refractivity contribution in [2.75, 3.05) is 7.05 Å². The van der Waals surface area contributed by atoms with E-state index in [0.717, 1.165) is 23.8 Å². The number of carboxylic acids is 1. The van der Waals surface area contributed by atoms with Crippen molar-refractivity contribution in [1.29, 1.82) is 0 Å². The summed E-state index contributed by atoms with van der Waals surface area (Å²) >= 11 is 0. The van der Waals surface area contributed by atoms with Crippen LogP contribution in [0.25, 0.3) is 10.8 Å². The van der Waals surface area contributed by atoms with E-state index in [1.807, 2.05) is 25.2 Å². The molecule has 1 saturated carbocycles. The molecule has 0 saturated heterocycles. The van der Waals surface area contributed by atoms with Gasteiger partial charge in [-0.05, 0) is 42.3 Å². The Kier molecular flexibility index (Phi) is 2.79. The molecule has 0 amide bonds. The zero-order valence-electron chi connectivity index (χ0n) is 10.9. The van der Waals surface area contributed by atoms with E-state index >= 15 is 0 Å². The van der Waals surface area contributed by atoms with E-state index in [2.05, 4.69) is 29.6 Å². The maximum absolute atomic E-state index is 11.5. The van der Waals surface area contributed by atoms with Crippen LogP contribution in [0.5, 0.6) is 0 Å². The molecule has 2 aromatic carbocycles. The Balaban J connectivity index is 2.05. The zero-order valence-corrected chi connectivity index (χ0v) is 10.9. The van der Waals surface area contributed by atoms with Crippen LogP contribution >= 0.6 is 0 Å². The first kappa shape index (κ1) is 12.2. The molecule has 3 heteroatoms. The normalized spacial score (nSPS) is 18.2. The predicted octanol–water partition coefficient (Wildman–Crippen LogP) is 2.97. The molecule has 0 aliphatic heterocycles. The van der Waals surface area contributed by atoms with Gasteiger partial charge >= 0.3 is 5.97 Å². The monoisotopic (exact) mass is 255 g/mol. The highest BCUT2D eigenvalue weighted by Gasteiger charge is 2.56. The molecule has 2 N–H and O–H groups in total. The van der Waals surface area contributed by atoms with Crippen LogP contribution in [0, 0.1) is 5.41 Å². The van der Waals surface area contributed by atoms with Gasteiger partial charge in [0.25, 0.3) is 0 Å². The smallest absolute Gasteiger partial charge is 0.311 e. The maximum atomic E-state index is 11.5. The lowest BCUT2D eigenvalue weighted by Crippen LogP contribution is -2.32. The molecule has 3 rings (SSSR count). The highest BCUT2D eigenvalue weighted by molar-refractivity contribution is 5.84. The minimum atomic E-state index is -0.694. The summed E-state index contributed by atoms with van der Waals surface area (Å²) < 4.78 is 0. The van der Waals surface area contributed by atoms with Gasteiger partial charge in [-0.25, -0.2) is 0 Å². The van der Waals surface area contributed by atoms with Crippen LogP contribution < -0.4 is 5.32 Å². The van der Waals surface area contributed by atoms with Crippen LogP contribution in [0.2, 0.25) is 0 Å². The Labute approximate surface area is 112 Å². The molecule has 1 fully saturated rings. The molecule has 0 spiro atoms. The van der Waals surface area contributed by atoms with E-state index in [0.29, 0.717) is 0 Å². The number of hydrogen-bond donors (Lipinski definition) is 2. The van der Waals surface area contributed by atoms with Crippen molar-refractivity contribution in [3.05, 3.63) is 48.0 Å². The van der Waals surface area contributed by atoms with Gasteiger partial charge in [0.05, 0.1) is 5.41 Å². The molecular formula is C16H17NO2. The van der Waals surface area contributed by atoms with Gasteiger partial charge in [-0.2, -0.15) is 0 Å². The topological polar surface area (TPSA) is 49.3 Å². The van der Waals surface area contributed by atoms with Crippen molar-refractivity contribution in [2.24, 2.45) is 5.41 Å². The average molecular weight is 255 g/mol. The van der Waals surface area contributed by atoms with Gasteiger partial charge < -0.3 is 10.4 Å². The third kappa shape index (κ3) is 1.90. The number of benzene rings is 2. The van der Waals surface area contributed by atoms with E-state index in [-0.39, 0.29) is 6.04 Å². The summed E-state index contributed by atoms with van der Waals surface area (Å²) in [5.41, 5.74) is 0.443. The van der Waals surface area contributed by atoms with Gasteiger partial charge in [0.2, 0.25) is 0 Å². The van der Waals surface area contributed by atoms with Crippen molar-refractivity contribution in [2.45, 2.75) is 18.9 Å². The lowest BCUT2D eigenvalue weighted by atomic mass is 9.89. The Hall–Kier alpha value is -1.87. The van der Waals surface area contributed by atoms with Crippen LogP contribution in [0.1, 0.15) is 24.4 Å². The first-order valence-electron chi connectivity index (χ1n) is 6.57. The summed E-state index contributed by atoms with van der Waals surface area (Å²) in [6.07, 6.45) is 1.50. The van der Waals surface area contributed by atoms with Crippen LogP contribution in [-0.2, 0) is 4.79 Å². The molecule has 3 nitrogen and oxygen atoms in total. The molecule has 0 bridgehead atoms. The van der Waals surface area contributed by atoms with Gasteiger partial charge in [-0.15, -0.1) is 0 Å². The third-order valence-electron chi connectivity index (χ3n) is 4.16. The Bertz CT molecular complexity index is 631. The summed E-state index contributed by atoms with van der Waals surface area (Å²) in [5.74, 6) is -0.694. The fraction of sp³-hybridized carbons (Fsp3) is 0.312. The molecule has 2 aromatic rings. The standard InChI is InChI=1S/C16H17NO2/c1-17-14(16(8-9-16)15(18)19)13-7-6-11-4-2-3-5-12(11)10-13/h2-7,10,14,17H,8-9H2,1H3,(H,18,19). The summed E-state index contributed by atoms with van der Waals surface area (Å²) in [6.45, 7) is 0. The molecule has 1 aliphatic carbocycles. The second-order valence-corrected chi connectivity index (χ2v) is 5.29.